The van der Waals surface area contributed by atoms with Crippen molar-refractivity contribution in [3.63, 3.8) is 0 Å². The number of benzene rings is 1. The van der Waals surface area contributed by atoms with Crippen LogP contribution in [0.1, 0.15) is 12.0 Å². The van der Waals surface area contributed by atoms with Crippen molar-refractivity contribution in [3.8, 4) is 5.75 Å². The van der Waals surface area contributed by atoms with E-state index in [2.05, 4.69) is 10.6 Å². The summed E-state index contributed by atoms with van der Waals surface area (Å²) in [6.45, 7) is -0.0446. The summed E-state index contributed by atoms with van der Waals surface area (Å²) in [6.07, 6.45) is -0.0364. The van der Waals surface area contributed by atoms with Crippen molar-refractivity contribution in [2.45, 2.75) is 19.0 Å². The Balaban J connectivity index is 2.43. The van der Waals surface area contributed by atoms with Crippen molar-refractivity contribution in [2.24, 2.45) is 0 Å². The number of aliphatic hydroxyl groups excluding tert-OH is 1. The lowest BCUT2D eigenvalue weighted by Gasteiger charge is -2.14. The highest BCUT2D eigenvalue weighted by atomic mass is 16.5. The van der Waals surface area contributed by atoms with Crippen molar-refractivity contribution in [1.82, 2.24) is 10.6 Å². The molecule has 1 atom stereocenters. The zero-order valence-corrected chi connectivity index (χ0v) is 11.1. The largest absolute Gasteiger partial charge is 0.497 e. The van der Waals surface area contributed by atoms with E-state index in [1.165, 1.54) is 0 Å². The van der Waals surface area contributed by atoms with E-state index in [9.17, 15) is 9.59 Å². The first-order chi connectivity index (χ1) is 9.56. The zero-order valence-electron chi connectivity index (χ0n) is 11.1. The molecule has 0 unspecified atom stereocenters. The second-order valence-corrected chi connectivity index (χ2v) is 4.08. The molecule has 4 N–H and O–H groups in total. The molecule has 0 aromatic heterocycles. The van der Waals surface area contributed by atoms with Gasteiger partial charge in [0.2, 0.25) is 0 Å². The fraction of sp³-hybridized carbons (Fsp3) is 0.385. The highest BCUT2D eigenvalue weighted by Crippen LogP contribution is 2.10. The van der Waals surface area contributed by atoms with Gasteiger partial charge in [-0.05, 0) is 17.7 Å². The van der Waals surface area contributed by atoms with Crippen LogP contribution in [0.5, 0.6) is 5.75 Å². The van der Waals surface area contributed by atoms with Gasteiger partial charge in [0.05, 0.1) is 7.11 Å². The molecule has 0 heterocycles. The smallest absolute Gasteiger partial charge is 0.326 e. The first kappa shape index (κ1) is 15.8. The lowest BCUT2D eigenvalue weighted by Crippen LogP contribution is -2.46. The normalized spacial score (nSPS) is 11.5. The number of nitrogens with one attached hydrogen (secondary N) is 2. The number of methoxy groups -OCH3 is 1. The number of hydrogen-bond donors (Lipinski definition) is 4. The van der Waals surface area contributed by atoms with Crippen LogP contribution < -0.4 is 15.4 Å². The number of amides is 2. The van der Waals surface area contributed by atoms with Gasteiger partial charge < -0.3 is 25.6 Å². The first-order valence-corrected chi connectivity index (χ1v) is 6.07. The minimum absolute atomic E-state index is 0.0364. The van der Waals surface area contributed by atoms with Gasteiger partial charge in [0.15, 0.2) is 0 Å². The number of rotatable bonds is 7. The number of carbonyl (C=O) groups excluding carboxylic acids is 1. The molecule has 0 saturated carbocycles. The number of hydrogen-bond acceptors (Lipinski definition) is 4. The van der Waals surface area contributed by atoms with E-state index in [0.717, 1.165) is 5.56 Å². The fourth-order valence-corrected chi connectivity index (χ4v) is 1.52. The summed E-state index contributed by atoms with van der Waals surface area (Å²) in [6, 6.07) is 5.42. The van der Waals surface area contributed by atoms with Gasteiger partial charge in [0, 0.05) is 19.6 Å². The van der Waals surface area contributed by atoms with E-state index < -0.39 is 18.0 Å². The number of carboxylic acid groups (broad SMARTS) is 1. The van der Waals surface area contributed by atoms with E-state index in [1.807, 2.05) is 0 Å². The molecule has 0 aliphatic rings. The molecule has 1 rings (SSSR count). The molecule has 110 valence electrons. The second kappa shape index (κ2) is 8.00. The summed E-state index contributed by atoms with van der Waals surface area (Å²) in [5.41, 5.74) is 0.856. The SMILES string of the molecule is COc1ccc(CNC(=O)N[C@@H](CCO)C(=O)O)cc1. The number of carboxylic acids is 1. The number of carbonyl (C=O) groups is 2. The monoisotopic (exact) mass is 282 g/mol. The van der Waals surface area contributed by atoms with Gasteiger partial charge in [0.1, 0.15) is 11.8 Å². The van der Waals surface area contributed by atoms with Crippen LogP contribution in [0.25, 0.3) is 0 Å². The minimum Gasteiger partial charge on any atom is -0.497 e. The van der Waals surface area contributed by atoms with E-state index in [-0.39, 0.29) is 19.6 Å². The summed E-state index contributed by atoms with van der Waals surface area (Å²) in [5.74, 6) is -0.467. The average molecular weight is 282 g/mol. The molecule has 7 heteroatoms. The van der Waals surface area contributed by atoms with Crippen LogP contribution in [-0.4, -0.2) is 42.0 Å². The van der Waals surface area contributed by atoms with Crippen molar-refractivity contribution >= 4 is 12.0 Å². The van der Waals surface area contributed by atoms with E-state index in [4.69, 9.17) is 14.9 Å². The molecule has 7 nitrogen and oxygen atoms in total. The summed E-state index contributed by atoms with van der Waals surface area (Å²) in [7, 11) is 1.56. The molecule has 0 bridgehead atoms. The average Bonchev–Trinajstić information content (AvgIpc) is 2.45. The fourth-order valence-electron chi connectivity index (χ4n) is 1.52. The Labute approximate surface area is 116 Å². The molecule has 0 radical (unpaired) electrons. The molecule has 1 aromatic rings. The maximum absolute atomic E-state index is 11.5. The summed E-state index contributed by atoms with van der Waals surface area (Å²) in [4.78, 5) is 22.3. The number of urea groups is 1. The molecule has 0 saturated heterocycles. The van der Waals surface area contributed by atoms with Crippen LogP contribution >= 0.6 is 0 Å². The Bertz CT molecular complexity index is 447. The van der Waals surface area contributed by atoms with E-state index in [1.54, 1.807) is 31.4 Å². The van der Waals surface area contributed by atoms with Crippen LogP contribution in [0, 0.1) is 0 Å². The maximum Gasteiger partial charge on any atom is 0.326 e. The molecular weight excluding hydrogens is 264 g/mol. The molecule has 0 fully saturated rings. The Kier molecular flexibility index (Phi) is 6.31. The summed E-state index contributed by atoms with van der Waals surface area (Å²) >= 11 is 0. The van der Waals surface area contributed by atoms with Crippen molar-refractivity contribution in [3.05, 3.63) is 29.8 Å². The third-order valence-corrected chi connectivity index (χ3v) is 2.63. The summed E-state index contributed by atoms with van der Waals surface area (Å²) in [5, 5.41) is 22.4. The van der Waals surface area contributed by atoms with Crippen molar-refractivity contribution in [1.29, 1.82) is 0 Å². The van der Waals surface area contributed by atoms with Crippen molar-refractivity contribution < 1.29 is 24.5 Å². The van der Waals surface area contributed by atoms with E-state index in [0.29, 0.717) is 5.75 Å². The quantitative estimate of drug-likeness (QED) is 0.576. The predicted octanol–water partition coefficient (Wildman–Crippen LogP) is 0.330. The number of aliphatic hydroxyl groups is 1. The highest BCUT2D eigenvalue weighted by molar-refractivity contribution is 5.82. The van der Waals surface area contributed by atoms with Gasteiger partial charge in [-0.1, -0.05) is 12.1 Å². The Morgan fingerprint density at radius 2 is 1.95 bits per heavy atom. The zero-order chi connectivity index (χ0) is 15.0. The maximum atomic E-state index is 11.5. The molecule has 2 amide bonds. The second-order valence-electron chi connectivity index (χ2n) is 4.08. The molecule has 0 spiro atoms. The van der Waals surface area contributed by atoms with Crippen LogP contribution in [0.3, 0.4) is 0 Å². The van der Waals surface area contributed by atoms with Crippen LogP contribution in [-0.2, 0) is 11.3 Å². The minimum atomic E-state index is -1.18. The van der Waals surface area contributed by atoms with Gasteiger partial charge in [-0.25, -0.2) is 9.59 Å². The van der Waals surface area contributed by atoms with Gasteiger partial charge in [-0.2, -0.15) is 0 Å². The van der Waals surface area contributed by atoms with Gasteiger partial charge in [0.25, 0.3) is 0 Å². The standard InChI is InChI=1S/C13H18N2O5/c1-20-10-4-2-9(3-5-10)8-14-13(19)15-11(6-7-16)12(17)18/h2-5,11,16H,6-8H2,1H3,(H,17,18)(H2,14,15,19)/t11-/m0/s1. The Hall–Kier alpha value is -2.28. The molecule has 20 heavy (non-hydrogen) atoms. The molecule has 0 aliphatic carbocycles. The molecule has 1 aromatic carbocycles. The van der Waals surface area contributed by atoms with Crippen molar-refractivity contribution in [2.75, 3.05) is 13.7 Å². The van der Waals surface area contributed by atoms with Crippen LogP contribution in [0.4, 0.5) is 4.79 Å². The molecule has 0 aliphatic heterocycles. The van der Waals surface area contributed by atoms with Gasteiger partial charge >= 0.3 is 12.0 Å². The van der Waals surface area contributed by atoms with Crippen LogP contribution in [0.2, 0.25) is 0 Å². The highest BCUT2D eigenvalue weighted by Gasteiger charge is 2.18. The summed E-state index contributed by atoms with van der Waals surface area (Å²) < 4.78 is 5.01. The van der Waals surface area contributed by atoms with Gasteiger partial charge in [-0.3, -0.25) is 0 Å². The third-order valence-electron chi connectivity index (χ3n) is 2.63. The Morgan fingerprint density at radius 3 is 2.45 bits per heavy atom. The number of ether oxygens (including phenoxy) is 1. The lowest BCUT2D eigenvalue weighted by atomic mass is 10.2. The topological polar surface area (TPSA) is 108 Å². The lowest BCUT2D eigenvalue weighted by molar-refractivity contribution is -0.139. The van der Waals surface area contributed by atoms with E-state index >= 15 is 0 Å². The van der Waals surface area contributed by atoms with Gasteiger partial charge in [-0.15, -0.1) is 0 Å². The Morgan fingerprint density at radius 1 is 1.30 bits per heavy atom. The first-order valence-electron chi connectivity index (χ1n) is 6.07. The number of aliphatic carboxylic acids is 1. The van der Waals surface area contributed by atoms with Crippen LogP contribution in [0.15, 0.2) is 24.3 Å². The molecular formula is C13H18N2O5. The predicted molar refractivity (Wildman–Crippen MR) is 71.5 cm³/mol. The third kappa shape index (κ3) is 5.15.